The van der Waals surface area contributed by atoms with E-state index in [9.17, 15) is 4.79 Å². The van der Waals surface area contributed by atoms with E-state index in [4.69, 9.17) is 5.84 Å². The molecule has 0 atom stereocenters. The van der Waals surface area contributed by atoms with E-state index in [1.54, 1.807) is 12.3 Å². The number of pyridine rings is 1. The van der Waals surface area contributed by atoms with Crippen molar-refractivity contribution >= 4 is 5.91 Å². The molecule has 1 heterocycles. The van der Waals surface area contributed by atoms with E-state index < -0.39 is 0 Å². The minimum absolute atomic E-state index is 0.273. The fourth-order valence-electron chi connectivity index (χ4n) is 2.15. The van der Waals surface area contributed by atoms with Crippen LogP contribution in [-0.2, 0) is 13.1 Å². The molecule has 0 bridgehead atoms. The largest absolute Gasteiger partial charge is 0.294 e. The first-order valence-electron chi connectivity index (χ1n) is 6.95. The van der Waals surface area contributed by atoms with Gasteiger partial charge in [-0.15, -0.1) is 0 Å². The second-order valence-electron chi connectivity index (χ2n) is 4.80. The van der Waals surface area contributed by atoms with E-state index in [0.717, 1.165) is 30.9 Å². The SMILES string of the molecule is CCN(Cc1cccc(C(=O)NN)c1)Cc1ccccn1. The zero-order valence-electron chi connectivity index (χ0n) is 12.1. The summed E-state index contributed by atoms with van der Waals surface area (Å²) in [6.07, 6.45) is 1.80. The van der Waals surface area contributed by atoms with E-state index in [0.29, 0.717) is 5.56 Å². The Bertz CT molecular complexity index is 586. The molecule has 2 rings (SSSR count). The van der Waals surface area contributed by atoms with Crippen LogP contribution >= 0.6 is 0 Å². The highest BCUT2D eigenvalue weighted by atomic mass is 16.2. The molecular formula is C16H20N4O. The number of carbonyl (C=O) groups excluding carboxylic acids is 1. The number of rotatable bonds is 6. The van der Waals surface area contributed by atoms with Gasteiger partial charge in [-0.1, -0.05) is 25.1 Å². The average Bonchev–Trinajstić information content (AvgIpc) is 2.54. The third-order valence-electron chi connectivity index (χ3n) is 3.29. The van der Waals surface area contributed by atoms with Crippen molar-refractivity contribution in [2.24, 2.45) is 5.84 Å². The Morgan fingerprint density at radius 1 is 1.24 bits per heavy atom. The van der Waals surface area contributed by atoms with Crippen LogP contribution in [0.4, 0.5) is 0 Å². The Balaban J connectivity index is 2.06. The Morgan fingerprint density at radius 3 is 2.76 bits per heavy atom. The first-order valence-corrected chi connectivity index (χ1v) is 6.95. The molecule has 0 unspecified atom stereocenters. The number of benzene rings is 1. The van der Waals surface area contributed by atoms with Gasteiger partial charge in [-0.3, -0.25) is 20.1 Å². The van der Waals surface area contributed by atoms with Crippen LogP contribution < -0.4 is 11.3 Å². The summed E-state index contributed by atoms with van der Waals surface area (Å²) in [5.74, 6) is 4.89. The molecule has 3 N–H and O–H groups in total. The Labute approximate surface area is 124 Å². The molecule has 0 aliphatic rings. The Morgan fingerprint density at radius 2 is 2.10 bits per heavy atom. The number of nitrogen functional groups attached to an aromatic ring is 1. The van der Waals surface area contributed by atoms with Gasteiger partial charge in [-0.25, -0.2) is 5.84 Å². The van der Waals surface area contributed by atoms with Crippen molar-refractivity contribution in [1.82, 2.24) is 15.3 Å². The van der Waals surface area contributed by atoms with Crippen molar-refractivity contribution in [2.45, 2.75) is 20.0 Å². The summed E-state index contributed by atoms with van der Waals surface area (Å²) in [5.41, 5.74) is 4.84. The number of carbonyl (C=O) groups is 1. The number of nitrogens with zero attached hydrogens (tertiary/aromatic N) is 2. The van der Waals surface area contributed by atoms with Crippen molar-refractivity contribution in [1.29, 1.82) is 0 Å². The van der Waals surface area contributed by atoms with Gasteiger partial charge in [0.15, 0.2) is 0 Å². The van der Waals surface area contributed by atoms with E-state index in [1.807, 2.05) is 36.4 Å². The van der Waals surface area contributed by atoms with Gasteiger partial charge in [0.2, 0.25) is 0 Å². The number of amides is 1. The third-order valence-corrected chi connectivity index (χ3v) is 3.29. The second-order valence-corrected chi connectivity index (χ2v) is 4.80. The molecule has 5 nitrogen and oxygen atoms in total. The maximum absolute atomic E-state index is 11.6. The molecule has 0 radical (unpaired) electrons. The fourth-order valence-corrected chi connectivity index (χ4v) is 2.15. The topological polar surface area (TPSA) is 71.2 Å². The van der Waals surface area contributed by atoms with Crippen molar-refractivity contribution in [3.8, 4) is 0 Å². The highest BCUT2D eigenvalue weighted by Gasteiger charge is 2.08. The van der Waals surface area contributed by atoms with Gasteiger partial charge in [0.25, 0.3) is 5.91 Å². The van der Waals surface area contributed by atoms with Gasteiger partial charge in [-0.2, -0.15) is 0 Å². The van der Waals surface area contributed by atoms with Crippen LogP contribution in [0.5, 0.6) is 0 Å². The number of nitrogens with two attached hydrogens (primary N) is 1. The van der Waals surface area contributed by atoms with Gasteiger partial charge < -0.3 is 0 Å². The van der Waals surface area contributed by atoms with Gasteiger partial charge in [0, 0.05) is 24.8 Å². The summed E-state index contributed by atoms with van der Waals surface area (Å²) in [6, 6.07) is 13.4. The molecule has 1 aromatic heterocycles. The average molecular weight is 284 g/mol. The summed E-state index contributed by atoms with van der Waals surface area (Å²) >= 11 is 0. The normalized spacial score (nSPS) is 10.6. The van der Waals surface area contributed by atoms with Crippen LogP contribution in [-0.4, -0.2) is 22.3 Å². The number of nitrogens with one attached hydrogen (secondary N) is 1. The Kier molecular flexibility index (Phi) is 5.43. The third kappa shape index (κ3) is 4.37. The maximum atomic E-state index is 11.6. The van der Waals surface area contributed by atoms with Crippen LogP contribution in [0, 0.1) is 0 Å². The summed E-state index contributed by atoms with van der Waals surface area (Å²) < 4.78 is 0. The van der Waals surface area contributed by atoms with Crippen LogP contribution in [0.1, 0.15) is 28.5 Å². The van der Waals surface area contributed by atoms with Crippen LogP contribution in [0.2, 0.25) is 0 Å². The van der Waals surface area contributed by atoms with E-state index in [1.165, 1.54) is 0 Å². The zero-order chi connectivity index (χ0) is 15.1. The lowest BCUT2D eigenvalue weighted by molar-refractivity contribution is 0.0953. The summed E-state index contributed by atoms with van der Waals surface area (Å²) in [6.45, 7) is 4.56. The van der Waals surface area contributed by atoms with Crippen molar-refractivity contribution in [3.05, 3.63) is 65.5 Å². The molecule has 0 aliphatic heterocycles. The van der Waals surface area contributed by atoms with Crippen molar-refractivity contribution < 1.29 is 4.79 Å². The first-order chi connectivity index (χ1) is 10.2. The zero-order valence-corrected chi connectivity index (χ0v) is 12.1. The highest BCUT2D eigenvalue weighted by Crippen LogP contribution is 2.10. The summed E-state index contributed by atoms with van der Waals surface area (Å²) in [5, 5.41) is 0. The molecule has 2 aromatic rings. The molecule has 0 spiro atoms. The fraction of sp³-hybridized carbons (Fsp3) is 0.250. The smallest absolute Gasteiger partial charge is 0.265 e. The minimum Gasteiger partial charge on any atom is -0.294 e. The Hall–Kier alpha value is -2.24. The molecule has 1 amide bonds. The van der Waals surface area contributed by atoms with E-state index in [-0.39, 0.29) is 5.91 Å². The number of hydrogen-bond donors (Lipinski definition) is 2. The molecule has 0 saturated heterocycles. The summed E-state index contributed by atoms with van der Waals surface area (Å²) in [4.78, 5) is 18.2. The summed E-state index contributed by atoms with van der Waals surface area (Å²) in [7, 11) is 0. The lowest BCUT2D eigenvalue weighted by atomic mass is 10.1. The number of hydrogen-bond acceptors (Lipinski definition) is 4. The molecule has 110 valence electrons. The molecule has 0 aliphatic carbocycles. The predicted octanol–water partition coefficient (Wildman–Crippen LogP) is 1.71. The number of aromatic nitrogens is 1. The van der Waals surface area contributed by atoms with Gasteiger partial charge in [0.05, 0.1) is 5.69 Å². The quantitative estimate of drug-likeness (QED) is 0.481. The lowest BCUT2D eigenvalue weighted by Gasteiger charge is -2.20. The first kappa shape index (κ1) is 15.2. The molecule has 0 saturated carbocycles. The molecule has 1 aromatic carbocycles. The van der Waals surface area contributed by atoms with Crippen LogP contribution in [0.25, 0.3) is 0 Å². The van der Waals surface area contributed by atoms with E-state index >= 15 is 0 Å². The van der Waals surface area contributed by atoms with E-state index in [2.05, 4.69) is 22.2 Å². The standard InChI is InChI=1S/C16H20N4O/c1-2-20(12-15-8-3-4-9-18-15)11-13-6-5-7-14(10-13)16(21)19-17/h3-10H,2,11-12,17H2,1H3,(H,19,21). The minimum atomic E-state index is -0.273. The number of hydrazine groups is 1. The van der Waals surface area contributed by atoms with Gasteiger partial charge >= 0.3 is 0 Å². The molecule has 21 heavy (non-hydrogen) atoms. The monoisotopic (exact) mass is 284 g/mol. The maximum Gasteiger partial charge on any atom is 0.265 e. The predicted molar refractivity (Wildman–Crippen MR) is 82.1 cm³/mol. The van der Waals surface area contributed by atoms with Crippen LogP contribution in [0.15, 0.2) is 48.7 Å². The van der Waals surface area contributed by atoms with Crippen LogP contribution in [0.3, 0.4) is 0 Å². The molecular weight excluding hydrogens is 264 g/mol. The van der Waals surface area contributed by atoms with Gasteiger partial charge in [-0.05, 0) is 36.4 Å². The van der Waals surface area contributed by atoms with Gasteiger partial charge in [0.1, 0.15) is 0 Å². The lowest BCUT2D eigenvalue weighted by Crippen LogP contribution is -2.30. The second kappa shape index (κ2) is 7.52. The molecule has 0 fully saturated rings. The van der Waals surface area contributed by atoms with Crippen molar-refractivity contribution in [3.63, 3.8) is 0 Å². The van der Waals surface area contributed by atoms with Crippen molar-refractivity contribution in [2.75, 3.05) is 6.54 Å². The molecule has 5 heteroatoms. The highest BCUT2D eigenvalue weighted by molar-refractivity contribution is 5.93.